The van der Waals surface area contributed by atoms with Crippen LogP contribution in [-0.2, 0) is 0 Å². The van der Waals surface area contributed by atoms with Crippen LogP contribution in [0.2, 0.25) is 0 Å². The van der Waals surface area contributed by atoms with Crippen molar-refractivity contribution in [3.8, 4) is 45.8 Å². The maximum Gasteiger partial charge on any atom is 0.235 e. The number of methoxy groups -OCH3 is 1. The van der Waals surface area contributed by atoms with Crippen LogP contribution in [0.3, 0.4) is 0 Å². The third-order valence-corrected chi connectivity index (χ3v) is 5.58. The molecule has 9 nitrogen and oxygen atoms in total. The molecule has 0 radical (unpaired) electrons. The minimum absolute atomic E-state index is 0.0711. The summed E-state index contributed by atoms with van der Waals surface area (Å²) in [6, 6.07) is 21.1. The fraction of sp³-hybridized carbons (Fsp3) is 0.0345. The van der Waals surface area contributed by atoms with Crippen molar-refractivity contribution in [2.45, 2.75) is 0 Å². The number of benzene rings is 4. The molecule has 0 unspecified atom stereocenters. The molecule has 0 atom stereocenters. The molecule has 4 aromatic carbocycles. The average molecular weight is 514 g/mol. The highest BCUT2D eigenvalue weighted by molar-refractivity contribution is 6.10. The van der Waals surface area contributed by atoms with Crippen molar-refractivity contribution in [2.75, 3.05) is 7.11 Å². The summed E-state index contributed by atoms with van der Waals surface area (Å²) in [5.41, 5.74) is 0.481. The highest BCUT2D eigenvalue weighted by Crippen LogP contribution is 2.35. The van der Waals surface area contributed by atoms with E-state index in [1.54, 1.807) is 36.4 Å². The summed E-state index contributed by atoms with van der Waals surface area (Å²) in [4.78, 5) is 24.1. The average Bonchev–Trinajstić information content (AvgIpc) is 2.92. The van der Waals surface area contributed by atoms with Crippen LogP contribution in [0, 0.1) is 0 Å². The van der Waals surface area contributed by atoms with E-state index < -0.39 is 16.9 Å². The lowest BCUT2D eigenvalue weighted by molar-refractivity contribution is 0.103. The molecule has 0 bridgehead atoms. The molecule has 9 heteroatoms. The number of hydrogen-bond donors (Lipinski definition) is 5. The van der Waals surface area contributed by atoms with Crippen molar-refractivity contribution < 1.29 is 39.5 Å². The van der Waals surface area contributed by atoms with Gasteiger partial charge in [0.05, 0.1) is 18.1 Å². The number of carbonyl (C=O) groups is 1. The van der Waals surface area contributed by atoms with E-state index in [0.29, 0.717) is 11.3 Å². The Hall–Kier alpha value is -5.44. The van der Waals surface area contributed by atoms with Gasteiger partial charge in [-0.25, -0.2) is 0 Å². The normalized spacial score (nSPS) is 10.4. The molecule has 5 N–H and O–H groups in total. The second kappa shape index (κ2) is 10.7. The fourth-order valence-electron chi connectivity index (χ4n) is 3.61. The minimum atomic E-state index is -0.654. The molecule has 5 aromatic rings. The second-order valence-electron chi connectivity index (χ2n) is 8.07. The van der Waals surface area contributed by atoms with Gasteiger partial charge in [-0.1, -0.05) is 30.3 Å². The van der Waals surface area contributed by atoms with E-state index in [1.807, 2.05) is 6.07 Å². The van der Waals surface area contributed by atoms with E-state index in [1.165, 1.54) is 43.5 Å². The first-order valence-electron chi connectivity index (χ1n) is 11.2. The number of carbonyl (C=O) groups excluding carboxylic acids is 1. The molecule has 0 saturated heterocycles. The summed E-state index contributed by atoms with van der Waals surface area (Å²) in [7, 11) is 1.51. The molecule has 192 valence electrons. The van der Waals surface area contributed by atoms with Crippen molar-refractivity contribution in [2.24, 2.45) is 0 Å². The number of ether oxygens (including phenoxy) is 1. The Morgan fingerprint density at radius 1 is 0.763 bits per heavy atom. The fourth-order valence-corrected chi connectivity index (χ4v) is 3.61. The van der Waals surface area contributed by atoms with Crippen LogP contribution in [0.5, 0.6) is 34.5 Å². The second-order valence-corrected chi connectivity index (χ2v) is 8.07. The third-order valence-electron chi connectivity index (χ3n) is 5.58. The van der Waals surface area contributed by atoms with Gasteiger partial charge in [0.1, 0.15) is 22.8 Å². The quantitative estimate of drug-likeness (QED) is 0.166. The van der Waals surface area contributed by atoms with Crippen LogP contribution in [0.15, 0.2) is 94.1 Å². The molecule has 0 amide bonds. The third kappa shape index (κ3) is 5.21. The summed E-state index contributed by atoms with van der Waals surface area (Å²) in [6.45, 7) is 0. The van der Waals surface area contributed by atoms with E-state index in [9.17, 15) is 35.1 Å². The molecule has 0 spiro atoms. The zero-order valence-corrected chi connectivity index (χ0v) is 20.0. The molecule has 0 aliphatic heterocycles. The predicted octanol–water partition coefficient (Wildman–Crippen LogP) is 4.91. The van der Waals surface area contributed by atoms with Crippen molar-refractivity contribution in [1.29, 1.82) is 0 Å². The largest absolute Gasteiger partial charge is 0.508 e. The van der Waals surface area contributed by atoms with Gasteiger partial charge < -0.3 is 34.7 Å². The summed E-state index contributed by atoms with van der Waals surface area (Å²) in [6.07, 6.45) is 0. The summed E-state index contributed by atoms with van der Waals surface area (Å²) in [5.74, 6) is -1.36. The number of fused-ring (bicyclic) bond motifs is 1. The van der Waals surface area contributed by atoms with Crippen LogP contribution in [0.25, 0.3) is 22.3 Å². The minimum Gasteiger partial charge on any atom is -0.508 e. The van der Waals surface area contributed by atoms with Crippen LogP contribution in [0.1, 0.15) is 15.9 Å². The predicted molar refractivity (Wildman–Crippen MR) is 139 cm³/mol. The lowest BCUT2D eigenvalue weighted by Crippen LogP contribution is -2.02. The monoisotopic (exact) mass is 514 g/mol. The highest BCUT2D eigenvalue weighted by Gasteiger charge is 2.17. The molecule has 0 aliphatic carbocycles. The molecular formula is C29H22O9. The Bertz CT molecular complexity index is 1690. The van der Waals surface area contributed by atoms with Crippen LogP contribution >= 0.6 is 0 Å². The van der Waals surface area contributed by atoms with Crippen molar-refractivity contribution >= 4 is 16.8 Å². The molecule has 0 fully saturated rings. The number of hydrogen-bond acceptors (Lipinski definition) is 9. The number of aromatic hydroxyl groups is 5. The highest BCUT2D eigenvalue weighted by atomic mass is 16.5. The van der Waals surface area contributed by atoms with E-state index >= 15 is 0 Å². The molecule has 1 heterocycles. The van der Waals surface area contributed by atoms with Gasteiger partial charge in [-0.2, -0.15) is 0 Å². The first-order chi connectivity index (χ1) is 18.2. The molecule has 1 aromatic heterocycles. The van der Waals surface area contributed by atoms with Crippen LogP contribution < -0.4 is 10.2 Å². The van der Waals surface area contributed by atoms with Gasteiger partial charge in [-0.3, -0.25) is 9.59 Å². The van der Waals surface area contributed by atoms with Gasteiger partial charge in [0, 0.05) is 23.3 Å². The number of rotatable bonds is 4. The Kier molecular flexibility index (Phi) is 7.20. The first kappa shape index (κ1) is 25.6. The Labute approximate surface area is 215 Å². The zero-order valence-electron chi connectivity index (χ0n) is 20.0. The van der Waals surface area contributed by atoms with E-state index in [2.05, 4.69) is 0 Å². The number of ketones is 1. The van der Waals surface area contributed by atoms with Gasteiger partial charge in [0.2, 0.25) is 11.2 Å². The van der Waals surface area contributed by atoms with Crippen molar-refractivity contribution in [3.05, 3.63) is 106 Å². The van der Waals surface area contributed by atoms with Gasteiger partial charge >= 0.3 is 0 Å². The van der Waals surface area contributed by atoms with Gasteiger partial charge in [-0.05, 0) is 42.5 Å². The maximum absolute atomic E-state index is 12.1. The lowest BCUT2D eigenvalue weighted by Gasteiger charge is -2.07. The van der Waals surface area contributed by atoms with Crippen LogP contribution in [0.4, 0.5) is 0 Å². The zero-order chi connectivity index (χ0) is 27.4. The van der Waals surface area contributed by atoms with Gasteiger partial charge in [0.25, 0.3) is 0 Å². The van der Waals surface area contributed by atoms with Gasteiger partial charge in [0.15, 0.2) is 23.0 Å². The number of phenols is 4. The molecular weight excluding hydrogens is 492 g/mol. The lowest BCUT2D eigenvalue weighted by atomic mass is 10.0. The molecule has 0 saturated carbocycles. The molecule has 38 heavy (non-hydrogen) atoms. The molecule has 0 aliphatic rings. The Morgan fingerprint density at radius 2 is 1.50 bits per heavy atom. The first-order valence-corrected chi connectivity index (χ1v) is 11.2. The van der Waals surface area contributed by atoms with Crippen LogP contribution in [-0.4, -0.2) is 38.4 Å². The number of phenolic OH excluding ortho intramolecular Hbond substituents is 4. The summed E-state index contributed by atoms with van der Waals surface area (Å²) >= 11 is 0. The smallest absolute Gasteiger partial charge is 0.235 e. The summed E-state index contributed by atoms with van der Waals surface area (Å²) < 4.78 is 10.4. The Balaban J connectivity index is 0.000000181. The summed E-state index contributed by atoms with van der Waals surface area (Å²) in [5, 5.41) is 48.0. The molecule has 5 rings (SSSR count). The topological polar surface area (TPSA) is 158 Å². The van der Waals surface area contributed by atoms with E-state index in [0.717, 1.165) is 6.07 Å². The standard InChI is InChI=1S/C15H10O6.C14H12O3/c16-8-2-3-9-12(6-8)21-15(14(20)13(9)19)7-1-4-10(17)11(18)5-7;1-17-11-7-8-12(13(15)9-11)14(16)10-5-3-2-4-6-10/h1-6,16-18,20H;2-9,15H,1H3. The van der Waals surface area contributed by atoms with Crippen molar-refractivity contribution in [1.82, 2.24) is 0 Å². The van der Waals surface area contributed by atoms with E-state index in [-0.39, 0.29) is 50.9 Å². The van der Waals surface area contributed by atoms with Gasteiger partial charge in [-0.15, -0.1) is 0 Å². The maximum atomic E-state index is 12.1. The van der Waals surface area contributed by atoms with E-state index in [4.69, 9.17) is 9.15 Å². The Morgan fingerprint density at radius 3 is 2.16 bits per heavy atom. The SMILES string of the molecule is COc1ccc(C(=O)c2ccccc2)c(O)c1.O=c1c(O)c(-c2ccc(O)c(O)c2)oc2cc(O)ccc12. The van der Waals surface area contributed by atoms with Crippen molar-refractivity contribution in [3.63, 3.8) is 0 Å².